The van der Waals surface area contributed by atoms with Gasteiger partial charge in [0.1, 0.15) is 11.6 Å². The van der Waals surface area contributed by atoms with Crippen LogP contribution in [-0.2, 0) is 9.59 Å². The summed E-state index contributed by atoms with van der Waals surface area (Å²) in [5.74, 6) is -0.364. The maximum absolute atomic E-state index is 11.5. The van der Waals surface area contributed by atoms with E-state index in [1.807, 2.05) is 6.92 Å². The topological polar surface area (TPSA) is 34.1 Å². The quantitative estimate of drug-likeness (QED) is 0.554. The maximum atomic E-state index is 11.5. The molecule has 2 nitrogen and oxygen atoms in total. The highest BCUT2D eigenvalue weighted by molar-refractivity contribution is 5.98. The van der Waals surface area contributed by atoms with Crippen molar-refractivity contribution in [2.75, 3.05) is 6.67 Å². The molecule has 0 fully saturated rings. The van der Waals surface area contributed by atoms with Gasteiger partial charge in [-0.05, 0) is 6.42 Å². The molecule has 0 saturated carbocycles. The van der Waals surface area contributed by atoms with Crippen LogP contribution in [0.3, 0.4) is 0 Å². The summed E-state index contributed by atoms with van der Waals surface area (Å²) >= 11 is 0. The zero-order valence-corrected chi connectivity index (χ0v) is 6.73. The van der Waals surface area contributed by atoms with Crippen LogP contribution < -0.4 is 0 Å². The third-order valence-corrected chi connectivity index (χ3v) is 1.30. The van der Waals surface area contributed by atoms with E-state index in [1.54, 1.807) is 0 Å². The molecule has 0 aromatic heterocycles. The normalized spacial score (nSPS) is 9.64. The molecular formula is C8H13FO2. The maximum Gasteiger partial charge on any atom is 0.142 e. The van der Waals surface area contributed by atoms with Gasteiger partial charge < -0.3 is 0 Å². The smallest absolute Gasteiger partial charge is 0.142 e. The summed E-state index contributed by atoms with van der Waals surface area (Å²) in [4.78, 5) is 21.5. The van der Waals surface area contributed by atoms with Crippen molar-refractivity contribution in [3.8, 4) is 0 Å². The Morgan fingerprint density at radius 3 is 2.18 bits per heavy atom. The summed E-state index contributed by atoms with van der Waals surface area (Å²) in [5.41, 5.74) is 0. The molecule has 64 valence electrons. The molecule has 0 unspecified atom stereocenters. The standard InChI is InChI=1S/C8H13FO2/c1-2-3-7(10)6-8(11)4-5-9/h2-6H2,1H3. The van der Waals surface area contributed by atoms with Gasteiger partial charge >= 0.3 is 0 Å². The van der Waals surface area contributed by atoms with E-state index in [2.05, 4.69) is 0 Å². The zero-order chi connectivity index (χ0) is 8.69. The Kier molecular flexibility index (Phi) is 5.61. The Labute approximate surface area is 65.8 Å². The van der Waals surface area contributed by atoms with Crippen molar-refractivity contribution in [1.29, 1.82) is 0 Å². The highest BCUT2D eigenvalue weighted by atomic mass is 19.1. The average molecular weight is 160 g/mol. The van der Waals surface area contributed by atoms with Crippen molar-refractivity contribution >= 4 is 11.6 Å². The summed E-state index contributed by atoms with van der Waals surface area (Å²) in [6.07, 6.45) is 0.979. The van der Waals surface area contributed by atoms with Crippen molar-refractivity contribution in [3.05, 3.63) is 0 Å². The lowest BCUT2D eigenvalue weighted by atomic mass is 10.1. The fourth-order valence-electron chi connectivity index (χ4n) is 0.781. The SMILES string of the molecule is CCCC(=O)CC(=O)CCF. The Bertz CT molecular complexity index is 127. The molecule has 0 bridgehead atoms. The number of rotatable bonds is 6. The molecule has 0 spiro atoms. The molecule has 0 aliphatic heterocycles. The van der Waals surface area contributed by atoms with Gasteiger partial charge in [-0.25, -0.2) is 0 Å². The third-order valence-electron chi connectivity index (χ3n) is 1.30. The van der Waals surface area contributed by atoms with Gasteiger partial charge in [0.25, 0.3) is 0 Å². The fraction of sp³-hybridized carbons (Fsp3) is 0.750. The number of ketones is 2. The number of hydrogen-bond acceptors (Lipinski definition) is 2. The van der Waals surface area contributed by atoms with E-state index in [-0.39, 0.29) is 24.4 Å². The van der Waals surface area contributed by atoms with Crippen LogP contribution in [0.5, 0.6) is 0 Å². The van der Waals surface area contributed by atoms with Gasteiger partial charge in [0.15, 0.2) is 0 Å². The molecule has 0 saturated heterocycles. The first-order valence-corrected chi connectivity index (χ1v) is 3.80. The molecule has 0 atom stereocenters. The summed E-state index contributed by atoms with van der Waals surface area (Å²) in [5, 5.41) is 0. The molecule has 0 N–H and O–H groups in total. The first kappa shape index (κ1) is 10.3. The predicted octanol–water partition coefficient (Wildman–Crippen LogP) is 1.67. The summed E-state index contributed by atoms with van der Waals surface area (Å²) < 4.78 is 11.5. The van der Waals surface area contributed by atoms with Crippen molar-refractivity contribution in [3.63, 3.8) is 0 Å². The number of carbonyl (C=O) groups excluding carboxylic acids is 2. The average Bonchev–Trinajstić information content (AvgIpc) is 1.87. The highest BCUT2D eigenvalue weighted by Gasteiger charge is 2.07. The molecule has 0 amide bonds. The molecular weight excluding hydrogens is 147 g/mol. The molecule has 3 heteroatoms. The summed E-state index contributed by atoms with van der Waals surface area (Å²) in [6.45, 7) is 1.22. The van der Waals surface area contributed by atoms with E-state index in [0.29, 0.717) is 6.42 Å². The fourth-order valence-corrected chi connectivity index (χ4v) is 0.781. The van der Waals surface area contributed by atoms with Gasteiger partial charge in [-0.1, -0.05) is 6.92 Å². The van der Waals surface area contributed by atoms with E-state index in [1.165, 1.54) is 0 Å². The van der Waals surface area contributed by atoms with Crippen molar-refractivity contribution < 1.29 is 14.0 Å². The number of Topliss-reactive ketones (excluding diaryl/α,β-unsaturated/α-hetero) is 2. The minimum absolute atomic E-state index is 0.0778. The summed E-state index contributed by atoms with van der Waals surface area (Å²) in [6, 6.07) is 0. The molecule has 0 aliphatic rings. The van der Waals surface area contributed by atoms with Gasteiger partial charge in [0.2, 0.25) is 0 Å². The minimum atomic E-state index is -0.655. The summed E-state index contributed by atoms with van der Waals surface area (Å²) in [7, 11) is 0. The lowest BCUT2D eigenvalue weighted by Crippen LogP contribution is -2.07. The van der Waals surface area contributed by atoms with Crippen molar-refractivity contribution in [1.82, 2.24) is 0 Å². The van der Waals surface area contributed by atoms with Crippen molar-refractivity contribution in [2.45, 2.75) is 32.6 Å². The number of carbonyl (C=O) groups is 2. The van der Waals surface area contributed by atoms with Crippen LogP contribution in [-0.4, -0.2) is 18.2 Å². The van der Waals surface area contributed by atoms with E-state index in [4.69, 9.17) is 0 Å². The van der Waals surface area contributed by atoms with Crippen LogP contribution in [0.4, 0.5) is 4.39 Å². The van der Waals surface area contributed by atoms with Crippen molar-refractivity contribution in [2.24, 2.45) is 0 Å². The molecule has 0 aromatic rings. The number of hydrogen-bond donors (Lipinski definition) is 0. The number of halogens is 1. The van der Waals surface area contributed by atoms with E-state index >= 15 is 0 Å². The Morgan fingerprint density at radius 1 is 1.18 bits per heavy atom. The van der Waals surface area contributed by atoms with E-state index in [0.717, 1.165) is 6.42 Å². The van der Waals surface area contributed by atoms with Crippen LogP contribution in [0.25, 0.3) is 0 Å². The Morgan fingerprint density at radius 2 is 1.73 bits per heavy atom. The van der Waals surface area contributed by atoms with Crippen LogP contribution in [0.2, 0.25) is 0 Å². The zero-order valence-electron chi connectivity index (χ0n) is 6.73. The first-order valence-electron chi connectivity index (χ1n) is 3.80. The van der Waals surface area contributed by atoms with Gasteiger partial charge in [0, 0.05) is 12.8 Å². The first-order chi connectivity index (χ1) is 5.20. The lowest BCUT2D eigenvalue weighted by molar-refractivity contribution is -0.127. The Balaban J connectivity index is 3.49. The van der Waals surface area contributed by atoms with Crippen LogP contribution in [0.15, 0.2) is 0 Å². The molecule has 0 aliphatic carbocycles. The third kappa shape index (κ3) is 5.70. The predicted molar refractivity (Wildman–Crippen MR) is 40.1 cm³/mol. The van der Waals surface area contributed by atoms with Gasteiger partial charge in [-0.2, -0.15) is 0 Å². The Hall–Kier alpha value is -0.730. The molecule has 0 aromatic carbocycles. The molecule has 0 rings (SSSR count). The second-order valence-electron chi connectivity index (χ2n) is 2.44. The number of alkyl halides is 1. The van der Waals surface area contributed by atoms with Gasteiger partial charge in [-0.3, -0.25) is 14.0 Å². The monoisotopic (exact) mass is 160 g/mol. The second-order valence-corrected chi connectivity index (χ2v) is 2.44. The lowest BCUT2D eigenvalue weighted by Gasteiger charge is -1.95. The van der Waals surface area contributed by atoms with Crippen LogP contribution in [0.1, 0.15) is 32.6 Å². The second kappa shape index (κ2) is 6.01. The molecule has 11 heavy (non-hydrogen) atoms. The van der Waals surface area contributed by atoms with Crippen LogP contribution in [0, 0.1) is 0 Å². The largest absolute Gasteiger partial charge is 0.299 e. The molecule has 0 radical (unpaired) electrons. The van der Waals surface area contributed by atoms with Gasteiger partial charge in [0.05, 0.1) is 13.1 Å². The van der Waals surface area contributed by atoms with E-state index < -0.39 is 6.67 Å². The minimum Gasteiger partial charge on any atom is -0.299 e. The molecule has 0 heterocycles. The van der Waals surface area contributed by atoms with Gasteiger partial charge in [-0.15, -0.1) is 0 Å². The highest BCUT2D eigenvalue weighted by Crippen LogP contribution is 1.97. The van der Waals surface area contributed by atoms with E-state index in [9.17, 15) is 14.0 Å². The van der Waals surface area contributed by atoms with Crippen LogP contribution >= 0.6 is 0 Å².